The summed E-state index contributed by atoms with van der Waals surface area (Å²) in [6.07, 6.45) is -0.0224. The highest BCUT2D eigenvalue weighted by molar-refractivity contribution is 6.67. The highest BCUT2D eigenvalue weighted by atomic mass is 35.6. The molecule has 0 aliphatic carbocycles. The van der Waals surface area contributed by atoms with Crippen LogP contribution in [-0.2, 0) is 19.1 Å². The predicted molar refractivity (Wildman–Crippen MR) is 58.5 cm³/mol. The first-order chi connectivity index (χ1) is 7.35. The summed E-state index contributed by atoms with van der Waals surface area (Å²) in [7, 11) is 0. The lowest BCUT2D eigenvalue weighted by Gasteiger charge is -2.10. The van der Waals surface area contributed by atoms with Crippen LogP contribution in [0.5, 0.6) is 0 Å². The van der Waals surface area contributed by atoms with Crippen molar-refractivity contribution in [3.05, 3.63) is 0 Å². The fourth-order valence-corrected chi connectivity index (χ4v) is 0.878. The van der Waals surface area contributed by atoms with E-state index < -0.39 is 22.3 Å². The summed E-state index contributed by atoms with van der Waals surface area (Å²) in [5, 5.41) is 8.30. The third-order valence-corrected chi connectivity index (χ3v) is 1.91. The zero-order valence-electron chi connectivity index (χ0n) is 8.25. The van der Waals surface area contributed by atoms with Gasteiger partial charge in [0, 0.05) is 6.42 Å². The van der Waals surface area contributed by atoms with Crippen LogP contribution in [-0.4, -0.2) is 40.7 Å². The van der Waals surface area contributed by atoms with Crippen LogP contribution in [0.3, 0.4) is 0 Å². The van der Waals surface area contributed by atoms with Crippen molar-refractivity contribution in [2.45, 2.75) is 16.6 Å². The number of rotatable bonds is 6. The summed E-state index contributed by atoms with van der Waals surface area (Å²) in [6.45, 7) is -0.891. The molecule has 0 atom stereocenters. The quantitative estimate of drug-likeness (QED) is 0.589. The van der Waals surface area contributed by atoms with Crippen molar-refractivity contribution in [3.8, 4) is 0 Å². The fourth-order valence-electron chi connectivity index (χ4n) is 0.647. The van der Waals surface area contributed by atoms with Crippen molar-refractivity contribution < 1.29 is 24.2 Å². The second-order valence-electron chi connectivity index (χ2n) is 2.71. The molecule has 0 aromatic carbocycles. The van der Waals surface area contributed by atoms with Gasteiger partial charge in [0.05, 0.1) is 13.0 Å². The maximum Gasteiger partial charge on any atom is 0.331 e. The monoisotopic (exact) mass is 292 g/mol. The number of hydrogen-bond donors (Lipinski definition) is 1. The van der Waals surface area contributed by atoms with Gasteiger partial charge in [-0.3, -0.25) is 4.79 Å². The number of alkyl halides is 3. The molecule has 8 heteroatoms. The van der Waals surface area contributed by atoms with E-state index >= 15 is 0 Å². The van der Waals surface area contributed by atoms with Gasteiger partial charge in [0.1, 0.15) is 13.2 Å². The Balaban J connectivity index is 3.49. The number of carbonyl (C=O) groups excluding carboxylic acids is 2. The molecular formula is C8H11Cl3O5. The van der Waals surface area contributed by atoms with Crippen LogP contribution >= 0.6 is 34.8 Å². The molecule has 0 aliphatic heterocycles. The van der Waals surface area contributed by atoms with E-state index in [1.165, 1.54) is 0 Å². The summed E-state index contributed by atoms with van der Waals surface area (Å²) in [4.78, 5) is 21.5. The lowest BCUT2D eigenvalue weighted by Crippen LogP contribution is -2.16. The number of ether oxygens (including phenoxy) is 2. The third-order valence-electron chi connectivity index (χ3n) is 1.35. The van der Waals surface area contributed by atoms with Gasteiger partial charge in [-0.25, -0.2) is 4.79 Å². The Labute approximate surface area is 108 Å². The van der Waals surface area contributed by atoms with Gasteiger partial charge < -0.3 is 14.6 Å². The Morgan fingerprint density at radius 1 is 1.06 bits per heavy atom. The van der Waals surface area contributed by atoms with Gasteiger partial charge in [-0.2, -0.15) is 0 Å². The highest BCUT2D eigenvalue weighted by Crippen LogP contribution is 2.29. The topological polar surface area (TPSA) is 72.8 Å². The molecule has 0 saturated carbocycles. The zero-order valence-corrected chi connectivity index (χ0v) is 10.5. The molecule has 0 heterocycles. The molecule has 0 rings (SSSR count). The lowest BCUT2D eigenvalue weighted by molar-refractivity contribution is -0.151. The second kappa shape index (κ2) is 7.95. The molecule has 0 saturated heterocycles. The standard InChI is InChI=1S/C8H11Cl3O5/c9-8(10,11)2-4-16-6(13)1-3-15-7(14)5-12/h12H,1-5H2. The van der Waals surface area contributed by atoms with Gasteiger partial charge in [-0.15, -0.1) is 0 Å². The minimum atomic E-state index is -1.45. The molecule has 1 N–H and O–H groups in total. The first kappa shape index (κ1) is 15.8. The maximum absolute atomic E-state index is 11.0. The van der Waals surface area contributed by atoms with Crippen molar-refractivity contribution in [1.82, 2.24) is 0 Å². The molecule has 0 radical (unpaired) electrons. The van der Waals surface area contributed by atoms with Crippen molar-refractivity contribution in [3.63, 3.8) is 0 Å². The Bertz CT molecular complexity index is 238. The summed E-state index contributed by atoms with van der Waals surface area (Å²) in [5.41, 5.74) is 0. The van der Waals surface area contributed by atoms with Crippen LogP contribution in [0.2, 0.25) is 0 Å². The van der Waals surface area contributed by atoms with Gasteiger partial charge in [0.15, 0.2) is 3.79 Å². The Morgan fingerprint density at radius 2 is 1.62 bits per heavy atom. The van der Waals surface area contributed by atoms with E-state index in [2.05, 4.69) is 9.47 Å². The molecular weight excluding hydrogens is 282 g/mol. The molecule has 0 bridgehead atoms. The summed E-state index contributed by atoms with van der Waals surface area (Å²) < 4.78 is 7.67. The number of aliphatic hydroxyl groups is 1. The molecule has 0 unspecified atom stereocenters. The van der Waals surface area contributed by atoms with E-state index in [1.54, 1.807) is 0 Å². The Morgan fingerprint density at radius 3 is 2.12 bits per heavy atom. The van der Waals surface area contributed by atoms with Crippen LogP contribution in [0.25, 0.3) is 0 Å². The number of halogens is 3. The van der Waals surface area contributed by atoms with Gasteiger partial charge in [-0.05, 0) is 0 Å². The molecule has 0 aromatic rings. The molecule has 94 valence electrons. The predicted octanol–water partition coefficient (Wildman–Crippen LogP) is 1.22. The Kier molecular flexibility index (Phi) is 7.83. The van der Waals surface area contributed by atoms with E-state index in [0.29, 0.717) is 0 Å². The fraction of sp³-hybridized carbons (Fsp3) is 0.750. The first-order valence-corrected chi connectivity index (χ1v) is 5.47. The average molecular weight is 294 g/mol. The van der Waals surface area contributed by atoms with E-state index in [4.69, 9.17) is 39.9 Å². The number of hydrogen-bond acceptors (Lipinski definition) is 5. The minimum absolute atomic E-state index is 0.0245. The smallest absolute Gasteiger partial charge is 0.331 e. The molecule has 5 nitrogen and oxygen atoms in total. The summed E-state index contributed by atoms with van der Waals surface area (Å²) in [5.74, 6) is -1.37. The summed E-state index contributed by atoms with van der Waals surface area (Å²) >= 11 is 16.3. The largest absolute Gasteiger partial charge is 0.465 e. The molecule has 0 aromatic heterocycles. The van der Waals surface area contributed by atoms with Crippen molar-refractivity contribution in [2.75, 3.05) is 19.8 Å². The maximum atomic E-state index is 11.0. The normalized spacial score (nSPS) is 11.0. The van der Waals surface area contributed by atoms with Crippen LogP contribution in [0, 0.1) is 0 Å². The SMILES string of the molecule is O=C(CO)OCCC(=O)OCCC(Cl)(Cl)Cl. The molecule has 0 amide bonds. The van der Waals surface area contributed by atoms with E-state index in [1.807, 2.05) is 0 Å². The van der Waals surface area contributed by atoms with Gasteiger partial charge in [-0.1, -0.05) is 34.8 Å². The van der Waals surface area contributed by atoms with Crippen molar-refractivity contribution >= 4 is 46.7 Å². The van der Waals surface area contributed by atoms with E-state index in [9.17, 15) is 9.59 Å². The van der Waals surface area contributed by atoms with Crippen LogP contribution in [0.4, 0.5) is 0 Å². The Hall–Kier alpha value is -0.230. The molecule has 16 heavy (non-hydrogen) atoms. The van der Waals surface area contributed by atoms with E-state index in [0.717, 1.165) is 0 Å². The number of carbonyl (C=O) groups is 2. The van der Waals surface area contributed by atoms with Crippen LogP contribution in [0.15, 0.2) is 0 Å². The van der Waals surface area contributed by atoms with Crippen LogP contribution in [0.1, 0.15) is 12.8 Å². The molecule has 0 spiro atoms. The number of esters is 2. The van der Waals surface area contributed by atoms with Gasteiger partial charge >= 0.3 is 11.9 Å². The average Bonchev–Trinajstić information content (AvgIpc) is 2.15. The van der Waals surface area contributed by atoms with Crippen LogP contribution < -0.4 is 0 Å². The van der Waals surface area contributed by atoms with Gasteiger partial charge in [0.2, 0.25) is 0 Å². The second-order valence-corrected chi connectivity index (χ2v) is 5.23. The summed E-state index contributed by atoms with van der Waals surface area (Å²) in [6, 6.07) is 0. The third kappa shape index (κ3) is 10.3. The molecule has 0 fully saturated rings. The zero-order chi connectivity index (χ0) is 12.6. The highest BCUT2D eigenvalue weighted by Gasteiger charge is 2.19. The minimum Gasteiger partial charge on any atom is -0.465 e. The van der Waals surface area contributed by atoms with Gasteiger partial charge in [0.25, 0.3) is 0 Å². The number of aliphatic hydroxyl groups excluding tert-OH is 1. The van der Waals surface area contributed by atoms with Crippen molar-refractivity contribution in [2.24, 2.45) is 0 Å². The molecule has 0 aliphatic rings. The van der Waals surface area contributed by atoms with Crippen molar-refractivity contribution in [1.29, 1.82) is 0 Å². The van der Waals surface area contributed by atoms with E-state index in [-0.39, 0.29) is 26.1 Å². The first-order valence-electron chi connectivity index (χ1n) is 4.34. The lowest BCUT2D eigenvalue weighted by atomic mass is 10.4.